The lowest BCUT2D eigenvalue weighted by Crippen LogP contribution is -2.16. The Morgan fingerprint density at radius 1 is 1.39 bits per heavy atom. The highest BCUT2D eigenvalue weighted by Gasteiger charge is 2.39. The predicted molar refractivity (Wildman–Crippen MR) is 68.4 cm³/mol. The van der Waals surface area contributed by atoms with Gasteiger partial charge in [-0.25, -0.2) is 4.79 Å². The number of esters is 1. The molecule has 0 heterocycles. The predicted octanol–water partition coefficient (Wildman–Crippen LogP) is 2.38. The van der Waals surface area contributed by atoms with Crippen molar-refractivity contribution in [2.45, 2.75) is 20.3 Å². The van der Waals surface area contributed by atoms with E-state index in [1.807, 2.05) is 0 Å². The van der Waals surface area contributed by atoms with Crippen molar-refractivity contribution in [3.63, 3.8) is 0 Å². The summed E-state index contributed by atoms with van der Waals surface area (Å²) in [6.45, 7) is 3.86. The Kier molecular flexibility index (Phi) is 3.36. The van der Waals surface area contributed by atoms with E-state index in [2.05, 4.69) is 12.2 Å². The summed E-state index contributed by atoms with van der Waals surface area (Å²) in [7, 11) is 1.35. The molecule has 2 atom stereocenters. The van der Waals surface area contributed by atoms with E-state index in [0.717, 1.165) is 12.0 Å². The molecule has 4 nitrogen and oxygen atoms in total. The average molecular weight is 247 g/mol. The molecule has 0 bridgehead atoms. The van der Waals surface area contributed by atoms with Gasteiger partial charge < -0.3 is 10.1 Å². The zero-order valence-corrected chi connectivity index (χ0v) is 10.8. The third kappa shape index (κ3) is 2.37. The molecular weight excluding hydrogens is 230 g/mol. The zero-order valence-electron chi connectivity index (χ0n) is 10.8. The van der Waals surface area contributed by atoms with Gasteiger partial charge in [-0.05, 0) is 37.0 Å². The smallest absolute Gasteiger partial charge is 0.338 e. The van der Waals surface area contributed by atoms with Crippen LogP contribution in [0.15, 0.2) is 18.2 Å². The van der Waals surface area contributed by atoms with Crippen molar-refractivity contribution in [2.75, 3.05) is 12.4 Å². The summed E-state index contributed by atoms with van der Waals surface area (Å²) < 4.78 is 4.70. The largest absolute Gasteiger partial charge is 0.465 e. The van der Waals surface area contributed by atoms with Crippen LogP contribution in [0.2, 0.25) is 0 Å². The van der Waals surface area contributed by atoms with Crippen LogP contribution in [-0.4, -0.2) is 19.0 Å². The molecular formula is C14H17NO3. The standard InChI is InChI=1S/C14H17NO3/c1-8-7-11(8)13(16)15-12-6-4-5-10(9(12)2)14(17)18-3/h4-6,8,11H,7H2,1-3H3,(H,15,16)/t8-,11+/m0/s1. The molecule has 1 N–H and O–H groups in total. The molecule has 1 aromatic rings. The molecule has 0 saturated heterocycles. The van der Waals surface area contributed by atoms with Crippen molar-refractivity contribution in [3.8, 4) is 0 Å². The Morgan fingerprint density at radius 3 is 2.61 bits per heavy atom. The number of rotatable bonds is 3. The van der Waals surface area contributed by atoms with E-state index in [1.54, 1.807) is 25.1 Å². The summed E-state index contributed by atoms with van der Waals surface area (Å²) in [5, 5.41) is 2.88. The first kappa shape index (κ1) is 12.6. The first-order valence-electron chi connectivity index (χ1n) is 6.03. The van der Waals surface area contributed by atoms with Crippen molar-refractivity contribution in [3.05, 3.63) is 29.3 Å². The molecule has 0 unspecified atom stereocenters. The van der Waals surface area contributed by atoms with Crippen LogP contribution in [0.25, 0.3) is 0 Å². The third-order valence-electron chi connectivity index (χ3n) is 3.44. The van der Waals surface area contributed by atoms with Gasteiger partial charge in [0.05, 0.1) is 12.7 Å². The highest BCUT2D eigenvalue weighted by atomic mass is 16.5. The third-order valence-corrected chi connectivity index (χ3v) is 3.44. The fourth-order valence-corrected chi connectivity index (χ4v) is 2.02. The molecule has 1 aliphatic carbocycles. The highest BCUT2D eigenvalue weighted by Crippen LogP contribution is 2.38. The molecule has 1 fully saturated rings. The SMILES string of the molecule is COC(=O)c1cccc(NC(=O)[C@@H]2C[C@@H]2C)c1C. The summed E-state index contributed by atoms with van der Waals surface area (Å²) >= 11 is 0. The van der Waals surface area contributed by atoms with Crippen molar-refractivity contribution in [1.82, 2.24) is 0 Å². The normalized spacial score (nSPS) is 21.3. The summed E-state index contributed by atoms with van der Waals surface area (Å²) in [6.07, 6.45) is 0.946. The van der Waals surface area contributed by atoms with Crippen LogP contribution < -0.4 is 5.32 Å². The maximum atomic E-state index is 11.9. The number of carbonyl (C=O) groups excluding carboxylic acids is 2. The molecule has 96 valence electrons. The summed E-state index contributed by atoms with van der Waals surface area (Å²) in [6, 6.07) is 5.23. The number of nitrogens with one attached hydrogen (secondary N) is 1. The van der Waals surface area contributed by atoms with Crippen molar-refractivity contribution < 1.29 is 14.3 Å². The minimum absolute atomic E-state index is 0.0348. The van der Waals surface area contributed by atoms with Crippen molar-refractivity contribution in [1.29, 1.82) is 0 Å². The van der Waals surface area contributed by atoms with Crippen LogP contribution in [0, 0.1) is 18.8 Å². The minimum atomic E-state index is -0.386. The molecule has 1 saturated carbocycles. The lowest BCUT2D eigenvalue weighted by Gasteiger charge is -2.11. The van der Waals surface area contributed by atoms with Gasteiger partial charge in [0.2, 0.25) is 5.91 Å². The molecule has 0 aromatic heterocycles. The molecule has 1 aromatic carbocycles. The Morgan fingerprint density at radius 2 is 2.06 bits per heavy atom. The minimum Gasteiger partial charge on any atom is -0.465 e. The van der Waals surface area contributed by atoms with Gasteiger partial charge >= 0.3 is 5.97 Å². The summed E-state index contributed by atoms with van der Waals surface area (Å²) in [5.41, 5.74) is 1.91. The van der Waals surface area contributed by atoms with Crippen molar-refractivity contribution in [2.24, 2.45) is 11.8 Å². The zero-order chi connectivity index (χ0) is 13.3. The van der Waals surface area contributed by atoms with E-state index in [1.165, 1.54) is 7.11 Å². The first-order valence-corrected chi connectivity index (χ1v) is 6.03. The van der Waals surface area contributed by atoms with E-state index >= 15 is 0 Å². The summed E-state index contributed by atoms with van der Waals surface area (Å²) in [4.78, 5) is 23.4. The Balaban J connectivity index is 2.18. The second-order valence-electron chi connectivity index (χ2n) is 4.78. The van der Waals surface area contributed by atoms with Gasteiger partial charge in [0, 0.05) is 11.6 Å². The van der Waals surface area contributed by atoms with Crippen LogP contribution in [-0.2, 0) is 9.53 Å². The van der Waals surface area contributed by atoms with Gasteiger partial charge in [-0.15, -0.1) is 0 Å². The molecule has 0 spiro atoms. The van der Waals surface area contributed by atoms with Gasteiger partial charge in [-0.3, -0.25) is 4.79 Å². The molecule has 1 aliphatic rings. The average Bonchev–Trinajstić information content (AvgIpc) is 3.08. The number of amides is 1. The van der Waals surface area contributed by atoms with Gasteiger partial charge in [0.25, 0.3) is 0 Å². The van der Waals surface area contributed by atoms with Crippen LogP contribution in [0.4, 0.5) is 5.69 Å². The van der Waals surface area contributed by atoms with Crippen molar-refractivity contribution >= 4 is 17.6 Å². The van der Waals surface area contributed by atoms with E-state index in [-0.39, 0.29) is 17.8 Å². The molecule has 4 heteroatoms. The molecule has 2 rings (SSSR count). The maximum absolute atomic E-state index is 11.9. The van der Waals surface area contributed by atoms with E-state index in [0.29, 0.717) is 17.2 Å². The van der Waals surface area contributed by atoms with E-state index < -0.39 is 0 Å². The monoisotopic (exact) mass is 247 g/mol. The van der Waals surface area contributed by atoms with Gasteiger partial charge in [0.15, 0.2) is 0 Å². The van der Waals surface area contributed by atoms with Crippen LogP contribution in [0.5, 0.6) is 0 Å². The molecule has 0 radical (unpaired) electrons. The quantitative estimate of drug-likeness (QED) is 0.834. The molecule has 1 amide bonds. The summed E-state index contributed by atoms with van der Waals surface area (Å²) in [5.74, 6) is 0.233. The number of anilines is 1. The topological polar surface area (TPSA) is 55.4 Å². The number of carbonyl (C=O) groups is 2. The van der Waals surface area contributed by atoms with Crippen LogP contribution >= 0.6 is 0 Å². The maximum Gasteiger partial charge on any atom is 0.338 e. The number of hydrogen-bond donors (Lipinski definition) is 1. The van der Waals surface area contributed by atoms with Crippen LogP contribution in [0.3, 0.4) is 0 Å². The van der Waals surface area contributed by atoms with Gasteiger partial charge in [-0.1, -0.05) is 13.0 Å². The Hall–Kier alpha value is -1.84. The van der Waals surface area contributed by atoms with E-state index in [9.17, 15) is 9.59 Å². The Bertz CT molecular complexity index is 496. The Labute approximate surface area is 106 Å². The first-order chi connectivity index (χ1) is 8.54. The fourth-order valence-electron chi connectivity index (χ4n) is 2.02. The second-order valence-corrected chi connectivity index (χ2v) is 4.78. The van der Waals surface area contributed by atoms with Gasteiger partial charge in [-0.2, -0.15) is 0 Å². The lowest BCUT2D eigenvalue weighted by atomic mass is 10.1. The lowest BCUT2D eigenvalue weighted by molar-refractivity contribution is -0.117. The van der Waals surface area contributed by atoms with Crippen LogP contribution in [0.1, 0.15) is 29.3 Å². The number of benzene rings is 1. The van der Waals surface area contributed by atoms with Gasteiger partial charge in [0.1, 0.15) is 0 Å². The number of methoxy groups -OCH3 is 1. The van der Waals surface area contributed by atoms with E-state index in [4.69, 9.17) is 4.74 Å². The second kappa shape index (κ2) is 4.80. The fraction of sp³-hybridized carbons (Fsp3) is 0.429. The number of hydrogen-bond acceptors (Lipinski definition) is 3. The molecule has 0 aliphatic heterocycles. The molecule has 18 heavy (non-hydrogen) atoms. The highest BCUT2D eigenvalue weighted by molar-refractivity contribution is 5.98. The number of ether oxygens (including phenoxy) is 1.